The van der Waals surface area contributed by atoms with E-state index in [9.17, 15) is 4.79 Å². The molecule has 2 N–H and O–H groups in total. The van der Waals surface area contributed by atoms with Crippen molar-refractivity contribution in [3.63, 3.8) is 0 Å². The highest BCUT2D eigenvalue weighted by Gasteiger charge is 2.04. The largest absolute Gasteiger partial charge is 0.325 e. The zero-order valence-corrected chi connectivity index (χ0v) is 9.32. The molecule has 0 aliphatic heterocycles. The second kappa shape index (κ2) is 4.32. The van der Waals surface area contributed by atoms with Gasteiger partial charge in [0.05, 0.1) is 18.3 Å². The van der Waals surface area contributed by atoms with Gasteiger partial charge in [-0.3, -0.25) is 9.89 Å². The van der Waals surface area contributed by atoms with Crippen molar-refractivity contribution in [1.82, 2.24) is 15.1 Å². The van der Waals surface area contributed by atoms with E-state index in [0.717, 1.165) is 16.6 Å². The molecule has 2 rings (SSSR count). The van der Waals surface area contributed by atoms with E-state index >= 15 is 0 Å². The molecule has 5 nitrogen and oxygen atoms in total. The first kappa shape index (κ1) is 10.6. The molecular weight excluding hydrogens is 204 g/mol. The number of aromatic amines is 1. The number of anilines is 1. The van der Waals surface area contributed by atoms with Gasteiger partial charge in [0, 0.05) is 11.1 Å². The molecule has 0 aliphatic rings. The molecular formula is C11H14N4O. The zero-order valence-electron chi connectivity index (χ0n) is 9.32. The normalized spacial score (nSPS) is 10.9. The first-order chi connectivity index (χ1) is 7.65. The number of likely N-dealkylation sites (N-methyl/N-ethyl adjacent to an activating group) is 1. The van der Waals surface area contributed by atoms with Crippen LogP contribution in [0.4, 0.5) is 5.69 Å². The molecule has 0 radical (unpaired) electrons. The van der Waals surface area contributed by atoms with Gasteiger partial charge in [0.15, 0.2) is 0 Å². The summed E-state index contributed by atoms with van der Waals surface area (Å²) < 4.78 is 0. The van der Waals surface area contributed by atoms with Gasteiger partial charge < -0.3 is 10.2 Å². The Bertz CT molecular complexity index is 503. The van der Waals surface area contributed by atoms with Crippen LogP contribution in [0.2, 0.25) is 0 Å². The fourth-order valence-electron chi connectivity index (χ4n) is 1.51. The summed E-state index contributed by atoms with van der Waals surface area (Å²) >= 11 is 0. The molecule has 1 aromatic heterocycles. The van der Waals surface area contributed by atoms with E-state index in [-0.39, 0.29) is 5.91 Å². The van der Waals surface area contributed by atoms with Crippen LogP contribution in [-0.2, 0) is 4.79 Å². The van der Waals surface area contributed by atoms with Crippen LogP contribution in [0.1, 0.15) is 0 Å². The second-order valence-electron chi connectivity index (χ2n) is 3.96. The van der Waals surface area contributed by atoms with Gasteiger partial charge >= 0.3 is 0 Å². The van der Waals surface area contributed by atoms with E-state index in [1.165, 1.54) is 0 Å². The number of nitrogens with zero attached hydrogens (tertiary/aromatic N) is 2. The molecule has 0 atom stereocenters. The number of benzene rings is 1. The lowest BCUT2D eigenvalue weighted by Crippen LogP contribution is -2.27. The molecule has 16 heavy (non-hydrogen) atoms. The summed E-state index contributed by atoms with van der Waals surface area (Å²) in [6.45, 7) is 0.378. The van der Waals surface area contributed by atoms with E-state index < -0.39 is 0 Å². The van der Waals surface area contributed by atoms with Crippen molar-refractivity contribution in [2.24, 2.45) is 0 Å². The van der Waals surface area contributed by atoms with E-state index in [1.807, 2.05) is 37.2 Å². The molecule has 0 fully saturated rings. The number of nitrogens with one attached hydrogen (secondary N) is 2. The molecule has 1 heterocycles. The van der Waals surface area contributed by atoms with Crippen molar-refractivity contribution in [3.8, 4) is 0 Å². The minimum atomic E-state index is -0.0205. The minimum Gasteiger partial charge on any atom is -0.325 e. The third kappa shape index (κ3) is 2.38. The van der Waals surface area contributed by atoms with Crippen LogP contribution < -0.4 is 5.32 Å². The van der Waals surface area contributed by atoms with E-state index in [1.54, 1.807) is 6.20 Å². The lowest BCUT2D eigenvalue weighted by Gasteiger charge is -2.09. The van der Waals surface area contributed by atoms with Crippen molar-refractivity contribution in [1.29, 1.82) is 0 Å². The topological polar surface area (TPSA) is 61.0 Å². The number of aromatic nitrogens is 2. The van der Waals surface area contributed by atoms with Crippen LogP contribution in [0.15, 0.2) is 24.4 Å². The number of carbonyl (C=O) groups is 1. The summed E-state index contributed by atoms with van der Waals surface area (Å²) in [5.41, 5.74) is 1.76. The molecule has 0 spiro atoms. The predicted octanol–water partition coefficient (Wildman–Crippen LogP) is 1.06. The van der Waals surface area contributed by atoms with E-state index in [0.29, 0.717) is 6.54 Å². The Kier molecular flexibility index (Phi) is 2.87. The van der Waals surface area contributed by atoms with Crippen LogP contribution in [0.3, 0.4) is 0 Å². The number of amides is 1. The Labute approximate surface area is 93.4 Å². The predicted molar refractivity (Wildman–Crippen MR) is 63.3 cm³/mol. The third-order valence-electron chi connectivity index (χ3n) is 2.18. The first-order valence-corrected chi connectivity index (χ1v) is 5.03. The molecule has 84 valence electrons. The monoisotopic (exact) mass is 218 g/mol. The van der Waals surface area contributed by atoms with Crippen LogP contribution in [0.5, 0.6) is 0 Å². The fraction of sp³-hybridized carbons (Fsp3) is 0.273. The van der Waals surface area contributed by atoms with Crippen molar-refractivity contribution >= 4 is 22.5 Å². The number of hydrogen-bond donors (Lipinski definition) is 2. The highest BCUT2D eigenvalue weighted by atomic mass is 16.2. The van der Waals surface area contributed by atoms with E-state index in [4.69, 9.17) is 0 Å². The van der Waals surface area contributed by atoms with Gasteiger partial charge in [0.2, 0.25) is 5.91 Å². The van der Waals surface area contributed by atoms with Gasteiger partial charge in [-0.1, -0.05) is 0 Å². The average Bonchev–Trinajstić information content (AvgIpc) is 2.63. The Hall–Kier alpha value is -1.88. The molecule has 0 saturated carbocycles. The lowest BCUT2D eigenvalue weighted by molar-refractivity contribution is -0.116. The fourth-order valence-corrected chi connectivity index (χ4v) is 1.51. The number of H-pyrrole nitrogens is 1. The second-order valence-corrected chi connectivity index (χ2v) is 3.96. The third-order valence-corrected chi connectivity index (χ3v) is 2.18. The van der Waals surface area contributed by atoms with Gasteiger partial charge in [0.1, 0.15) is 0 Å². The average molecular weight is 218 g/mol. The maximum absolute atomic E-state index is 11.5. The number of carbonyl (C=O) groups excluding carboxylic acids is 1. The number of fused-ring (bicyclic) bond motifs is 1. The van der Waals surface area contributed by atoms with Gasteiger partial charge in [0.25, 0.3) is 0 Å². The Morgan fingerprint density at radius 3 is 3.06 bits per heavy atom. The summed E-state index contributed by atoms with van der Waals surface area (Å²) in [7, 11) is 3.72. The Balaban J connectivity index is 2.11. The first-order valence-electron chi connectivity index (χ1n) is 5.03. The molecule has 0 unspecified atom stereocenters. The van der Waals surface area contributed by atoms with Gasteiger partial charge in [-0.25, -0.2) is 0 Å². The smallest absolute Gasteiger partial charge is 0.238 e. The molecule has 1 amide bonds. The lowest BCUT2D eigenvalue weighted by atomic mass is 10.2. The molecule has 1 aromatic carbocycles. The van der Waals surface area contributed by atoms with Gasteiger partial charge in [-0.2, -0.15) is 5.10 Å². The summed E-state index contributed by atoms with van der Waals surface area (Å²) in [4.78, 5) is 13.3. The molecule has 0 bridgehead atoms. The highest BCUT2D eigenvalue weighted by Crippen LogP contribution is 2.16. The maximum atomic E-state index is 11.5. The standard InChI is InChI=1S/C11H14N4O/c1-15(2)7-11(16)13-9-3-4-10-8(5-9)6-12-14-10/h3-6H,7H2,1-2H3,(H,12,14)(H,13,16). The quantitative estimate of drug-likeness (QED) is 0.810. The minimum absolute atomic E-state index is 0.0205. The highest BCUT2D eigenvalue weighted by molar-refractivity contribution is 5.94. The Morgan fingerprint density at radius 2 is 2.31 bits per heavy atom. The summed E-state index contributed by atoms with van der Waals surface area (Å²) in [6, 6.07) is 5.65. The van der Waals surface area contributed by atoms with Crippen molar-refractivity contribution in [3.05, 3.63) is 24.4 Å². The molecule has 0 saturated heterocycles. The number of hydrogen-bond acceptors (Lipinski definition) is 3. The van der Waals surface area contributed by atoms with Crippen molar-refractivity contribution in [2.45, 2.75) is 0 Å². The molecule has 5 heteroatoms. The van der Waals surface area contributed by atoms with E-state index in [2.05, 4.69) is 15.5 Å². The Morgan fingerprint density at radius 1 is 1.50 bits per heavy atom. The van der Waals surface area contributed by atoms with Crippen molar-refractivity contribution < 1.29 is 4.79 Å². The summed E-state index contributed by atoms with van der Waals surface area (Å²) in [6.07, 6.45) is 1.73. The van der Waals surface area contributed by atoms with Crippen LogP contribution in [-0.4, -0.2) is 41.6 Å². The van der Waals surface area contributed by atoms with Crippen LogP contribution in [0.25, 0.3) is 10.9 Å². The SMILES string of the molecule is CN(C)CC(=O)Nc1ccc2[nH]ncc2c1. The summed E-state index contributed by atoms with van der Waals surface area (Å²) in [5.74, 6) is -0.0205. The van der Waals surface area contributed by atoms with Crippen molar-refractivity contribution in [2.75, 3.05) is 26.0 Å². The van der Waals surface area contributed by atoms with Crippen LogP contribution >= 0.6 is 0 Å². The molecule has 0 aliphatic carbocycles. The molecule has 2 aromatic rings. The maximum Gasteiger partial charge on any atom is 0.238 e. The number of rotatable bonds is 3. The zero-order chi connectivity index (χ0) is 11.5. The van der Waals surface area contributed by atoms with Gasteiger partial charge in [-0.15, -0.1) is 0 Å². The van der Waals surface area contributed by atoms with Crippen LogP contribution in [0, 0.1) is 0 Å². The summed E-state index contributed by atoms with van der Waals surface area (Å²) in [5, 5.41) is 10.6. The van der Waals surface area contributed by atoms with Gasteiger partial charge in [-0.05, 0) is 32.3 Å².